The predicted molar refractivity (Wildman–Crippen MR) is 109 cm³/mol. The lowest BCUT2D eigenvalue weighted by Crippen LogP contribution is -2.45. The molecular formula is C19H21ClFN7O. The molecule has 0 aromatic carbocycles. The molecule has 0 unspecified atom stereocenters. The monoisotopic (exact) mass is 417 g/mol. The lowest BCUT2D eigenvalue weighted by molar-refractivity contribution is 0.233. The third kappa shape index (κ3) is 4.24. The van der Waals surface area contributed by atoms with Gasteiger partial charge < -0.3 is 20.9 Å². The van der Waals surface area contributed by atoms with Crippen LogP contribution in [0.1, 0.15) is 25.7 Å². The Kier molecular flexibility index (Phi) is 5.48. The minimum atomic E-state index is -0.522. The lowest BCUT2D eigenvalue weighted by Gasteiger charge is -2.30. The van der Waals surface area contributed by atoms with Gasteiger partial charge in [0.1, 0.15) is 5.65 Å². The van der Waals surface area contributed by atoms with Crippen molar-refractivity contribution in [2.75, 3.05) is 12.4 Å². The highest BCUT2D eigenvalue weighted by atomic mass is 35.5. The van der Waals surface area contributed by atoms with E-state index in [1.54, 1.807) is 25.5 Å². The molecule has 3 aromatic rings. The summed E-state index contributed by atoms with van der Waals surface area (Å²) < 4.78 is 14.4. The molecule has 1 aliphatic rings. The topological polar surface area (TPSA) is 108 Å². The Balaban J connectivity index is 1.55. The second-order valence-electron chi connectivity index (χ2n) is 7.07. The normalized spacial score (nSPS) is 19.1. The highest BCUT2D eigenvalue weighted by Crippen LogP contribution is 2.29. The van der Waals surface area contributed by atoms with Crippen LogP contribution in [-0.4, -0.2) is 45.1 Å². The molecule has 1 aliphatic carbocycles. The molecule has 29 heavy (non-hydrogen) atoms. The molecule has 1 saturated carbocycles. The van der Waals surface area contributed by atoms with Gasteiger partial charge in [-0.3, -0.25) is 0 Å². The number of carbonyl (C=O) groups is 1. The molecule has 4 N–H and O–H groups in total. The van der Waals surface area contributed by atoms with Crippen LogP contribution in [0.25, 0.3) is 22.4 Å². The fraction of sp³-hybridized carbons (Fsp3) is 0.368. The third-order valence-corrected chi connectivity index (χ3v) is 5.27. The quantitative estimate of drug-likeness (QED) is 0.520. The summed E-state index contributed by atoms with van der Waals surface area (Å²) in [7, 11) is 1.58. The number of hydrogen-bond donors (Lipinski definition) is 4. The van der Waals surface area contributed by atoms with Crippen LogP contribution in [0.3, 0.4) is 0 Å². The van der Waals surface area contributed by atoms with Crippen molar-refractivity contribution in [1.82, 2.24) is 30.6 Å². The molecule has 8 nitrogen and oxygen atoms in total. The molecule has 0 radical (unpaired) electrons. The average Bonchev–Trinajstić information content (AvgIpc) is 3.13. The van der Waals surface area contributed by atoms with Gasteiger partial charge in [-0.2, -0.15) is 0 Å². The number of carbonyl (C=O) groups excluding carboxylic acids is 1. The van der Waals surface area contributed by atoms with E-state index < -0.39 is 5.82 Å². The zero-order valence-corrected chi connectivity index (χ0v) is 16.6. The number of urea groups is 1. The Labute approximate surface area is 171 Å². The van der Waals surface area contributed by atoms with Crippen molar-refractivity contribution in [1.29, 1.82) is 0 Å². The van der Waals surface area contributed by atoms with Crippen molar-refractivity contribution in [3.63, 3.8) is 0 Å². The molecule has 2 atom stereocenters. The second kappa shape index (κ2) is 8.20. The van der Waals surface area contributed by atoms with E-state index in [0.29, 0.717) is 28.5 Å². The number of anilines is 1. The summed E-state index contributed by atoms with van der Waals surface area (Å²) in [5.41, 5.74) is 1.35. The summed E-state index contributed by atoms with van der Waals surface area (Å²) in [6.45, 7) is 0. The minimum absolute atomic E-state index is 0.00207. The maximum atomic E-state index is 14.4. The number of rotatable bonds is 4. The van der Waals surface area contributed by atoms with E-state index in [2.05, 4.69) is 35.9 Å². The summed E-state index contributed by atoms with van der Waals surface area (Å²) in [4.78, 5) is 27.4. The van der Waals surface area contributed by atoms with Gasteiger partial charge in [0.25, 0.3) is 0 Å². The molecule has 0 spiro atoms. The highest BCUT2D eigenvalue weighted by molar-refractivity contribution is 6.31. The zero-order valence-electron chi connectivity index (χ0n) is 15.8. The minimum Gasteiger partial charge on any atom is -0.365 e. The first-order chi connectivity index (χ1) is 14.0. The maximum Gasteiger partial charge on any atom is 0.314 e. The van der Waals surface area contributed by atoms with Gasteiger partial charge in [-0.25, -0.2) is 24.1 Å². The Morgan fingerprint density at radius 1 is 1.28 bits per heavy atom. The van der Waals surface area contributed by atoms with Crippen LogP contribution in [0.2, 0.25) is 5.02 Å². The van der Waals surface area contributed by atoms with Crippen LogP contribution in [-0.2, 0) is 0 Å². The second-order valence-corrected chi connectivity index (χ2v) is 7.51. The smallest absolute Gasteiger partial charge is 0.314 e. The van der Waals surface area contributed by atoms with E-state index in [0.717, 1.165) is 30.8 Å². The number of fused-ring (bicyclic) bond motifs is 1. The number of H-pyrrole nitrogens is 1. The summed E-state index contributed by atoms with van der Waals surface area (Å²) in [5.74, 6) is -0.00359. The van der Waals surface area contributed by atoms with Crippen LogP contribution in [0.15, 0.2) is 24.7 Å². The highest BCUT2D eigenvalue weighted by Gasteiger charge is 2.24. The number of pyridine rings is 1. The first kappa shape index (κ1) is 19.4. The molecule has 0 aliphatic heterocycles. The van der Waals surface area contributed by atoms with Gasteiger partial charge in [0.15, 0.2) is 17.5 Å². The van der Waals surface area contributed by atoms with Gasteiger partial charge in [0.05, 0.1) is 11.2 Å². The summed E-state index contributed by atoms with van der Waals surface area (Å²) >= 11 is 6.06. The van der Waals surface area contributed by atoms with E-state index in [4.69, 9.17) is 11.6 Å². The number of aromatic nitrogens is 4. The summed E-state index contributed by atoms with van der Waals surface area (Å²) in [6.07, 6.45) is 7.83. The predicted octanol–water partition coefficient (Wildman–Crippen LogP) is 3.46. The molecule has 0 bridgehead atoms. The van der Waals surface area contributed by atoms with E-state index in [9.17, 15) is 9.18 Å². The van der Waals surface area contributed by atoms with E-state index in [1.807, 2.05) is 0 Å². The number of nitrogens with one attached hydrogen (secondary N) is 4. The van der Waals surface area contributed by atoms with Crippen LogP contribution in [0.4, 0.5) is 15.0 Å². The van der Waals surface area contributed by atoms with Gasteiger partial charge in [-0.05, 0) is 31.7 Å². The van der Waals surface area contributed by atoms with Crippen LogP contribution < -0.4 is 16.0 Å². The molecule has 4 rings (SSSR count). The summed E-state index contributed by atoms with van der Waals surface area (Å²) in [6, 6.07) is 1.60. The molecule has 152 valence electrons. The number of hydrogen-bond acceptors (Lipinski definition) is 5. The van der Waals surface area contributed by atoms with Gasteiger partial charge in [-0.1, -0.05) is 11.6 Å². The number of aromatic amines is 1. The average molecular weight is 418 g/mol. The van der Waals surface area contributed by atoms with E-state index >= 15 is 0 Å². The molecule has 3 aromatic heterocycles. The molecule has 3 heterocycles. The summed E-state index contributed by atoms with van der Waals surface area (Å²) in [5, 5.41) is 9.92. The first-order valence-corrected chi connectivity index (χ1v) is 9.81. The largest absolute Gasteiger partial charge is 0.365 e. The third-order valence-electron chi connectivity index (χ3n) is 5.06. The molecule has 10 heteroatoms. The van der Waals surface area contributed by atoms with Crippen LogP contribution in [0.5, 0.6) is 0 Å². The number of nitrogens with zero attached hydrogens (tertiary/aromatic N) is 3. The molecule has 0 saturated heterocycles. The van der Waals surface area contributed by atoms with Crippen molar-refractivity contribution >= 4 is 34.5 Å². The van der Waals surface area contributed by atoms with E-state index in [1.165, 1.54) is 0 Å². The van der Waals surface area contributed by atoms with Gasteiger partial charge >= 0.3 is 6.03 Å². The zero-order chi connectivity index (χ0) is 20.4. The van der Waals surface area contributed by atoms with Crippen molar-refractivity contribution in [2.24, 2.45) is 0 Å². The number of halogens is 2. The number of amides is 2. The Hall–Kier alpha value is -2.94. The Morgan fingerprint density at radius 2 is 2.10 bits per heavy atom. The van der Waals surface area contributed by atoms with Gasteiger partial charge in [0.2, 0.25) is 0 Å². The first-order valence-electron chi connectivity index (χ1n) is 9.44. The van der Waals surface area contributed by atoms with E-state index in [-0.39, 0.29) is 23.9 Å². The fourth-order valence-corrected chi connectivity index (χ4v) is 3.82. The Morgan fingerprint density at radius 3 is 2.93 bits per heavy atom. The van der Waals surface area contributed by atoms with Crippen LogP contribution in [0, 0.1) is 5.82 Å². The van der Waals surface area contributed by atoms with Gasteiger partial charge in [-0.15, -0.1) is 0 Å². The lowest BCUT2D eigenvalue weighted by atomic mass is 9.91. The van der Waals surface area contributed by atoms with Crippen molar-refractivity contribution in [3.8, 4) is 11.4 Å². The standard InChI is InChI=1S/C19H21ClFN7O/c1-22-19(29)27-12-4-2-3-11(6-12)26-18-15(21)9-25-17(28-18)14-8-24-16-13(14)5-10(20)7-23-16/h5,7-9,11-12H,2-4,6H2,1H3,(H,23,24)(H2,22,27,29)(H,25,26,28)/t11-,12+/m1/s1. The van der Waals surface area contributed by atoms with Crippen molar-refractivity contribution in [3.05, 3.63) is 35.5 Å². The van der Waals surface area contributed by atoms with Gasteiger partial charge in [0, 0.05) is 42.5 Å². The van der Waals surface area contributed by atoms with Crippen LogP contribution >= 0.6 is 11.6 Å². The fourth-order valence-electron chi connectivity index (χ4n) is 3.66. The van der Waals surface area contributed by atoms with Crippen molar-refractivity contribution < 1.29 is 9.18 Å². The van der Waals surface area contributed by atoms with Crippen molar-refractivity contribution in [2.45, 2.75) is 37.8 Å². The molecular weight excluding hydrogens is 397 g/mol. The maximum absolute atomic E-state index is 14.4. The molecule has 1 fully saturated rings. The SMILES string of the molecule is CNC(=O)N[C@H]1CCC[C@@H](Nc2nc(-c3c[nH]c4ncc(Cl)cc34)ncc2F)C1. The molecule has 2 amide bonds. The Bertz CT molecular complexity index is 1040.